The van der Waals surface area contributed by atoms with E-state index in [0.29, 0.717) is 37.1 Å². The van der Waals surface area contributed by atoms with Crippen molar-refractivity contribution in [1.29, 1.82) is 0 Å². The molecule has 1 aliphatic rings. The molecule has 0 aliphatic carbocycles. The van der Waals surface area contributed by atoms with Gasteiger partial charge in [0.1, 0.15) is 0 Å². The van der Waals surface area contributed by atoms with Gasteiger partial charge in [-0.1, -0.05) is 48.0 Å². The third-order valence-corrected chi connectivity index (χ3v) is 6.62. The monoisotopic (exact) mass is 461 g/mol. The largest absolute Gasteiger partial charge is 0.350 e. The quantitative estimate of drug-likeness (QED) is 0.500. The second-order valence-corrected chi connectivity index (χ2v) is 9.21. The lowest BCUT2D eigenvalue weighted by Crippen LogP contribution is -2.44. The fourth-order valence-corrected chi connectivity index (χ4v) is 4.69. The molecule has 2 atom stereocenters. The molecular weight excluding hydrogens is 434 g/mol. The SMILES string of the molecule is Cc1ccccc1C(NC(=O)CCC1(Cc2ccc(Cl)cc2)CCC(=O)N1)c1ccncc1. The van der Waals surface area contributed by atoms with Gasteiger partial charge in [-0.25, -0.2) is 0 Å². The predicted molar refractivity (Wildman–Crippen MR) is 130 cm³/mol. The lowest BCUT2D eigenvalue weighted by Gasteiger charge is -2.30. The number of hydrogen-bond acceptors (Lipinski definition) is 3. The van der Waals surface area contributed by atoms with E-state index < -0.39 is 5.54 Å². The molecule has 2 amide bonds. The number of halogens is 1. The molecule has 2 unspecified atom stereocenters. The fraction of sp³-hybridized carbons (Fsp3) is 0.296. The van der Waals surface area contributed by atoms with Crippen molar-refractivity contribution in [2.24, 2.45) is 0 Å². The van der Waals surface area contributed by atoms with E-state index in [0.717, 1.165) is 22.3 Å². The number of benzene rings is 2. The van der Waals surface area contributed by atoms with E-state index in [1.165, 1.54) is 0 Å². The van der Waals surface area contributed by atoms with Crippen molar-refractivity contribution >= 4 is 23.4 Å². The molecule has 4 rings (SSSR count). The van der Waals surface area contributed by atoms with Gasteiger partial charge in [0.15, 0.2) is 0 Å². The van der Waals surface area contributed by atoms with E-state index in [1.54, 1.807) is 12.4 Å². The minimum atomic E-state index is -0.420. The summed E-state index contributed by atoms with van der Waals surface area (Å²) in [7, 11) is 0. The number of rotatable bonds is 8. The lowest BCUT2D eigenvalue weighted by molar-refractivity contribution is -0.123. The summed E-state index contributed by atoms with van der Waals surface area (Å²) in [6.07, 6.45) is 6.25. The van der Waals surface area contributed by atoms with Crippen LogP contribution in [0, 0.1) is 6.92 Å². The first-order chi connectivity index (χ1) is 15.9. The van der Waals surface area contributed by atoms with Gasteiger partial charge in [-0.3, -0.25) is 14.6 Å². The zero-order valence-corrected chi connectivity index (χ0v) is 19.4. The molecule has 1 fully saturated rings. The van der Waals surface area contributed by atoms with Gasteiger partial charge in [-0.05, 0) is 72.7 Å². The van der Waals surface area contributed by atoms with Crippen LogP contribution < -0.4 is 10.6 Å². The number of nitrogens with zero attached hydrogens (tertiary/aromatic N) is 1. The highest BCUT2D eigenvalue weighted by molar-refractivity contribution is 6.30. The summed E-state index contributed by atoms with van der Waals surface area (Å²) in [5.41, 5.74) is 3.83. The maximum Gasteiger partial charge on any atom is 0.220 e. The van der Waals surface area contributed by atoms with Crippen molar-refractivity contribution in [3.05, 3.63) is 100 Å². The smallest absolute Gasteiger partial charge is 0.220 e. The molecule has 6 heteroatoms. The summed E-state index contributed by atoms with van der Waals surface area (Å²) < 4.78 is 0. The number of hydrogen-bond donors (Lipinski definition) is 2. The Bertz CT molecular complexity index is 1120. The van der Waals surface area contributed by atoms with Crippen LogP contribution in [0.15, 0.2) is 73.1 Å². The van der Waals surface area contributed by atoms with E-state index in [1.807, 2.05) is 67.6 Å². The van der Waals surface area contributed by atoms with Crippen LogP contribution in [0.25, 0.3) is 0 Å². The molecule has 0 saturated carbocycles. The highest BCUT2D eigenvalue weighted by Crippen LogP contribution is 2.31. The van der Waals surface area contributed by atoms with Gasteiger partial charge in [0.2, 0.25) is 11.8 Å². The molecule has 1 aliphatic heterocycles. The fourth-order valence-electron chi connectivity index (χ4n) is 4.57. The van der Waals surface area contributed by atoms with E-state index in [2.05, 4.69) is 15.6 Å². The third-order valence-electron chi connectivity index (χ3n) is 6.37. The van der Waals surface area contributed by atoms with E-state index in [-0.39, 0.29) is 17.9 Å². The number of pyridine rings is 1. The Hall–Kier alpha value is -3.18. The van der Waals surface area contributed by atoms with Gasteiger partial charge in [-0.15, -0.1) is 0 Å². The average molecular weight is 462 g/mol. The molecule has 0 spiro atoms. The summed E-state index contributed by atoms with van der Waals surface area (Å²) in [5.74, 6) is -0.00404. The number of nitrogens with one attached hydrogen (secondary N) is 2. The Labute approximate surface area is 199 Å². The molecule has 2 N–H and O–H groups in total. The number of aryl methyl sites for hydroxylation is 1. The summed E-state index contributed by atoms with van der Waals surface area (Å²) in [5, 5.41) is 7.05. The van der Waals surface area contributed by atoms with Gasteiger partial charge in [0.05, 0.1) is 6.04 Å². The van der Waals surface area contributed by atoms with Gasteiger partial charge >= 0.3 is 0 Å². The highest BCUT2D eigenvalue weighted by atomic mass is 35.5. The second kappa shape index (κ2) is 10.2. The Morgan fingerprint density at radius 2 is 1.85 bits per heavy atom. The van der Waals surface area contributed by atoms with Gasteiger partial charge in [-0.2, -0.15) is 0 Å². The zero-order chi connectivity index (χ0) is 23.3. The van der Waals surface area contributed by atoms with Crippen LogP contribution in [0.5, 0.6) is 0 Å². The van der Waals surface area contributed by atoms with Crippen molar-refractivity contribution < 1.29 is 9.59 Å². The van der Waals surface area contributed by atoms with Crippen LogP contribution in [-0.2, 0) is 16.0 Å². The first kappa shape index (κ1) is 23.0. The summed E-state index contributed by atoms with van der Waals surface area (Å²) in [4.78, 5) is 29.3. The normalized spacial score (nSPS) is 18.5. The van der Waals surface area contributed by atoms with Gasteiger partial charge < -0.3 is 10.6 Å². The van der Waals surface area contributed by atoms with Crippen LogP contribution in [0.1, 0.15) is 54.0 Å². The van der Waals surface area contributed by atoms with E-state index in [9.17, 15) is 9.59 Å². The number of carbonyl (C=O) groups excluding carboxylic acids is 2. The number of amides is 2. The lowest BCUT2D eigenvalue weighted by atomic mass is 9.85. The van der Waals surface area contributed by atoms with Crippen LogP contribution >= 0.6 is 11.6 Å². The molecular formula is C27H28ClN3O2. The van der Waals surface area contributed by atoms with Crippen molar-refractivity contribution in [2.75, 3.05) is 0 Å². The summed E-state index contributed by atoms with van der Waals surface area (Å²) in [6.45, 7) is 2.05. The topological polar surface area (TPSA) is 71.1 Å². The second-order valence-electron chi connectivity index (χ2n) is 8.77. The first-order valence-corrected chi connectivity index (χ1v) is 11.6. The predicted octanol–water partition coefficient (Wildman–Crippen LogP) is 4.92. The Balaban J connectivity index is 1.49. The molecule has 1 saturated heterocycles. The molecule has 33 heavy (non-hydrogen) atoms. The van der Waals surface area contributed by atoms with Crippen molar-refractivity contribution in [2.45, 2.75) is 50.6 Å². The van der Waals surface area contributed by atoms with Gasteiger partial charge in [0.25, 0.3) is 0 Å². The van der Waals surface area contributed by atoms with Crippen LogP contribution in [-0.4, -0.2) is 22.3 Å². The molecule has 1 aromatic heterocycles. The first-order valence-electron chi connectivity index (χ1n) is 11.2. The Morgan fingerprint density at radius 1 is 1.12 bits per heavy atom. The Morgan fingerprint density at radius 3 is 2.52 bits per heavy atom. The third kappa shape index (κ3) is 5.79. The maximum absolute atomic E-state index is 13.1. The van der Waals surface area contributed by atoms with Crippen molar-refractivity contribution in [1.82, 2.24) is 15.6 Å². The van der Waals surface area contributed by atoms with Crippen molar-refractivity contribution in [3.63, 3.8) is 0 Å². The minimum Gasteiger partial charge on any atom is -0.350 e. The average Bonchev–Trinajstić information content (AvgIpc) is 3.19. The van der Waals surface area contributed by atoms with Crippen molar-refractivity contribution in [3.8, 4) is 0 Å². The molecule has 3 aromatic rings. The van der Waals surface area contributed by atoms with Crippen LogP contribution in [0.3, 0.4) is 0 Å². The molecule has 0 radical (unpaired) electrons. The molecule has 0 bridgehead atoms. The van der Waals surface area contributed by atoms with Crippen LogP contribution in [0.2, 0.25) is 5.02 Å². The highest BCUT2D eigenvalue weighted by Gasteiger charge is 2.38. The maximum atomic E-state index is 13.1. The molecule has 5 nitrogen and oxygen atoms in total. The molecule has 2 heterocycles. The summed E-state index contributed by atoms with van der Waals surface area (Å²) >= 11 is 6.02. The number of aromatic nitrogens is 1. The minimum absolute atomic E-state index is 0.0407. The summed E-state index contributed by atoms with van der Waals surface area (Å²) in [6, 6.07) is 19.3. The van der Waals surface area contributed by atoms with E-state index >= 15 is 0 Å². The van der Waals surface area contributed by atoms with Gasteiger partial charge in [0, 0.05) is 35.8 Å². The number of carbonyl (C=O) groups is 2. The zero-order valence-electron chi connectivity index (χ0n) is 18.7. The van der Waals surface area contributed by atoms with E-state index in [4.69, 9.17) is 11.6 Å². The Kier molecular flexibility index (Phi) is 7.09. The van der Waals surface area contributed by atoms with Crippen LogP contribution in [0.4, 0.5) is 0 Å². The molecule has 2 aromatic carbocycles. The standard InChI is InChI=1S/C27H28ClN3O2/c1-19-4-2-3-5-23(19)26(21-12-16-29-17-13-21)30-24(32)10-14-27(15-11-25(33)31-27)18-20-6-8-22(28)9-7-20/h2-9,12-13,16-17,26H,10-11,14-15,18H2,1H3,(H,30,32)(H,31,33). The molecule has 170 valence electrons.